The molecule has 0 amide bonds. The lowest BCUT2D eigenvalue weighted by molar-refractivity contribution is 0.465. The van der Waals surface area contributed by atoms with Crippen LogP contribution in [-0.2, 0) is 4.52 Å². The Bertz CT molecular complexity index is 26.7. The molecule has 0 fully saturated rings. The molecule has 0 saturated carbocycles. The summed E-state index contributed by atoms with van der Waals surface area (Å²) in [6.07, 6.45) is 1.17. The predicted octanol–water partition coefficient (Wildman–Crippen LogP) is 1.68. The minimum absolute atomic E-state index is 0.0761. The summed E-state index contributed by atoms with van der Waals surface area (Å²) >= 11 is 0. The monoisotopic (exact) mass is 106 g/mol. The number of hydrogen-bond acceptors (Lipinski definition) is 1. The first-order valence-electron chi connectivity index (χ1n) is 2.06. The molecule has 0 spiro atoms. The van der Waals surface area contributed by atoms with Gasteiger partial charge in [-0.1, -0.05) is 6.92 Å². The average Bonchev–Trinajstić information content (AvgIpc) is 1.65. The quantitative estimate of drug-likeness (QED) is 0.486. The first-order valence-corrected chi connectivity index (χ1v) is 3.95. The van der Waals surface area contributed by atoms with Gasteiger partial charge < -0.3 is 4.52 Å². The molecule has 0 aromatic heterocycles. The third kappa shape index (κ3) is 2.62. The van der Waals surface area contributed by atoms with Crippen molar-refractivity contribution in [3.8, 4) is 0 Å². The topological polar surface area (TPSA) is 9.23 Å². The van der Waals surface area contributed by atoms with Crippen molar-refractivity contribution in [1.29, 1.82) is 0 Å². The molecule has 0 saturated heterocycles. The maximum absolute atomic E-state index is 4.96. The van der Waals surface area contributed by atoms with E-state index in [-0.39, 0.29) is 8.15 Å². The van der Waals surface area contributed by atoms with Gasteiger partial charge in [-0.2, -0.15) is 0 Å². The molecule has 0 aromatic rings. The van der Waals surface area contributed by atoms with Crippen LogP contribution in [0.25, 0.3) is 0 Å². The summed E-state index contributed by atoms with van der Waals surface area (Å²) in [6, 6.07) is 0. The van der Waals surface area contributed by atoms with E-state index in [9.17, 15) is 0 Å². The molecule has 2 heteroatoms. The second kappa shape index (κ2) is 3.58. The van der Waals surface area contributed by atoms with E-state index in [0.717, 1.165) is 0 Å². The van der Waals surface area contributed by atoms with E-state index in [2.05, 4.69) is 13.6 Å². The zero-order valence-corrected chi connectivity index (χ0v) is 5.46. The Labute approximate surface area is 40.5 Å². The Balaban J connectivity index is 2.75. The van der Waals surface area contributed by atoms with Crippen LogP contribution >= 0.6 is 8.15 Å². The van der Waals surface area contributed by atoms with E-state index in [0.29, 0.717) is 0 Å². The zero-order chi connectivity index (χ0) is 4.99. The van der Waals surface area contributed by atoms with Crippen LogP contribution in [0, 0.1) is 0 Å². The van der Waals surface area contributed by atoms with Crippen molar-refractivity contribution >= 4 is 8.15 Å². The smallest absolute Gasteiger partial charge is 0.0398 e. The van der Waals surface area contributed by atoms with Gasteiger partial charge in [0.2, 0.25) is 0 Å². The Kier molecular flexibility index (Phi) is 3.81. The molecule has 0 aliphatic heterocycles. The van der Waals surface area contributed by atoms with Crippen LogP contribution in [0.3, 0.4) is 0 Å². The zero-order valence-electron chi connectivity index (χ0n) is 4.56. The minimum atomic E-state index is -0.0761. The van der Waals surface area contributed by atoms with Crippen molar-refractivity contribution in [2.24, 2.45) is 0 Å². The summed E-state index contributed by atoms with van der Waals surface area (Å²) in [7, 11) is 1.68. The van der Waals surface area contributed by atoms with Crippen molar-refractivity contribution in [2.75, 3.05) is 19.9 Å². The lowest BCUT2D eigenvalue weighted by atomic mass is 11.0. The average molecular weight is 106 g/mol. The highest BCUT2D eigenvalue weighted by atomic mass is 31.1. The minimum Gasteiger partial charge on any atom is -0.363 e. The Morgan fingerprint density at radius 3 is 2.17 bits per heavy atom. The first kappa shape index (κ1) is 6.39. The molecule has 0 aliphatic carbocycles. The maximum atomic E-state index is 4.96. The molecular formula is C4H11OP. The van der Waals surface area contributed by atoms with E-state index < -0.39 is 0 Å². The van der Waals surface area contributed by atoms with Crippen molar-refractivity contribution in [3.05, 3.63) is 0 Å². The summed E-state index contributed by atoms with van der Waals surface area (Å²) < 4.78 is 4.96. The molecule has 0 rings (SSSR count). The summed E-state index contributed by atoms with van der Waals surface area (Å²) in [5, 5.41) is 0. The summed E-state index contributed by atoms with van der Waals surface area (Å²) in [5.74, 6) is 0. The van der Waals surface area contributed by atoms with Crippen LogP contribution in [0.1, 0.15) is 6.92 Å². The molecule has 0 aromatic carbocycles. The molecule has 6 heavy (non-hydrogen) atoms. The van der Waals surface area contributed by atoms with Gasteiger partial charge in [0.15, 0.2) is 0 Å². The Hall–Kier alpha value is 0.390. The van der Waals surface area contributed by atoms with E-state index in [1.807, 2.05) is 0 Å². The van der Waals surface area contributed by atoms with Gasteiger partial charge in [0.05, 0.1) is 0 Å². The normalized spacial score (nSPS) is 14.5. The highest BCUT2D eigenvalue weighted by molar-refractivity contribution is 7.51. The van der Waals surface area contributed by atoms with Crippen LogP contribution in [-0.4, -0.2) is 19.9 Å². The Morgan fingerprint density at radius 1 is 1.67 bits per heavy atom. The molecule has 1 atom stereocenters. The van der Waals surface area contributed by atoms with E-state index in [1.165, 1.54) is 6.16 Å². The number of rotatable bonds is 2. The second-order valence-corrected chi connectivity index (χ2v) is 3.38. The Morgan fingerprint density at radius 2 is 2.17 bits per heavy atom. The van der Waals surface area contributed by atoms with Gasteiger partial charge in [-0.25, -0.2) is 0 Å². The number of hydrogen-bond donors (Lipinski definition) is 0. The van der Waals surface area contributed by atoms with E-state index in [4.69, 9.17) is 4.52 Å². The molecule has 1 unspecified atom stereocenters. The highest BCUT2D eigenvalue weighted by Crippen LogP contribution is 2.28. The van der Waals surface area contributed by atoms with Crippen LogP contribution in [0.15, 0.2) is 0 Å². The van der Waals surface area contributed by atoms with Crippen molar-refractivity contribution in [1.82, 2.24) is 0 Å². The largest absolute Gasteiger partial charge is 0.363 e. The van der Waals surface area contributed by atoms with Crippen LogP contribution in [0.4, 0.5) is 0 Å². The van der Waals surface area contributed by atoms with Crippen LogP contribution in [0.5, 0.6) is 0 Å². The molecule has 0 bridgehead atoms. The second-order valence-electron chi connectivity index (χ2n) is 1.13. The fraction of sp³-hybridized carbons (Fsp3) is 1.00. The SMILES string of the molecule is CCP(C)OC. The van der Waals surface area contributed by atoms with Gasteiger partial charge in [-0.05, 0) is 12.8 Å². The fourth-order valence-corrected chi connectivity index (χ4v) is 0.387. The van der Waals surface area contributed by atoms with Crippen molar-refractivity contribution in [2.45, 2.75) is 6.92 Å². The van der Waals surface area contributed by atoms with E-state index >= 15 is 0 Å². The fourth-order valence-electron chi connectivity index (χ4n) is 0.129. The third-order valence-electron chi connectivity index (χ3n) is 0.757. The van der Waals surface area contributed by atoms with Gasteiger partial charge in [0.25, 0.3) is 0 Å². The van der Waals surface area contributed by atoms with Gasteiger partial charge in [-0.3, -0.25) is 0 Å². The summed E-state index contributed by atoms with van der Waals surface area (Å²) in [6.45, 7) is 4.25. The first-order chi connectivity index (χ1) is 2.81. The van der Waals surface area contributed by atoms with Crippen LogP contribution in [0.2, 0.25) is 0 Å². The van der Waals surface area contributed by atoms with Gasteiger partial charge in [-0.15, -0.1) is 0 Å². The van der Waals surface area contributed by atoms with Gasteiger partial charge in [0.1, 0.15) is 0 Å². The molecule has 38 valence electrons. The lowest BCUT2D eigenvalue weighted by Crippen LogP contribution is -1.74. The van der Waals surface area contributed by atoms with Gasteiger partial charge >= 0.3 is 0 Å². The standard InChI is InChI=1S/C4H11OP/c1-4-6(3)5-2/h4H2,1-3H3. The highest BCUT2D eigenvalue weighted by Gasteiger charge is 1.88. The summed E-state index contributed by atoms with van der Waals surface area (Å²) in [5.41, 5.74) is 0. The predicted molar refractivity (Wildman–Crippen MR) is 30.4 cm³/mol. The molecule has 0 N–H and O–H groups in total. The van der Waals surface area contributed by atoms with E-state index in [1.54, 1.807) is 7.11 Å². The molecule has 0 heterocycles. The maximum Gasteiger partial charge on any atom is 0.0398 e. The lowest BCUT2D eigenvalue weighted by Gasteiger charge is -2.01. The molecule has 0 radical (unpaired) electrons. The molecular weight excluding hydrogens is 95.0 g/mol. The molecule has 0 aliphatic rings. The summed E-state index contributed by atoms with van der Waals surface area (Å²) in [4.78, 5) is 0. The van der Waals surface area contributed by atoms with Crippen molar-refractivity contribution < 1.29 is 4.52 Å². The third-order valence-corrected chi connectivity index (χ3v) is 2.27. The van der Waals surface area contributed by atoms with Crippen molar-refractivity contribution in [3.63, 3.8) is 0 Å². The van der Waals surface area contributed by atoms with Crippen LogP contribution < -0.4 is 0 Å². The molecule has 1 nitrogen and oxygen atoms in total. The van der Waals surface area contributed by atoms with Gasteiger partial charge in [0, 0.05) is 15.3 Å².